The van der Waals surface area contributed by atoms with Crippen molar-refractivity contribution < 1.29 is 4.39 Å². The van der Waals surface area contributed by atoms with Gasteiger partial charge in [-0.3, -0.25) is 4.68 Å². The highest BCUT2D eigenvalue weighted by Gasteiger charge is 2.17. The summed E-state index contributed by atoms with van der Waals surface area (Å²) in [4.78, 5) is 0. The molecule has 2 aromatic rings. The standard InChI is InChI=1S/C13H14ClFN2/c1-3-13(17-9(2)6-7-16-17)11-8-10(15)4-5-12(11)14/h4-8,13H,3H2,1-2H3/t13-/m1/s1. The molecule has 0 amide bonds. The van der Waals surface area contributed by atoms with Crippen molar-refractivity contribution in [2.45, 2.75) is 26.3 Å². The van der Waals surface area contributed by atoms with Crippen LogP contribution in [0.4, 0.5) is 4.39 Å². The van der Waals surface area contributed by atoms with Crippen LogP contribution in [-0.4, -0.2) is 9.78 Å². The number of benzene rings is 1. The highest BCUT2D eigenvalue weighted by Crippen LogP contribution is 2.29. The van der Waals surface area contributed by atoms with Crippen molar-refractivity contribution in [1.29, 1.82) is 0 Å². The highest BCUT2D eigenvalue weighted by molar-refractivity contribution is 6.31. The number of rotatable bonds is 3. The molecule has 0 saturated heterocycles. The van der Waals surface area contributed by atoms with Crippen LogP contribution in [0.3, 0.4) is 0 Å². The molecule has 1 atom stereocenters. The van der Waals surface area contributed by atoms with Crippen LogP contribution in [0.25, 0.3) is 0 Å². The normalized spacial score (nSPS) is 12.7. The van der Waals surface area contributed by atoms with Crippen LogP contribution in [0.15, 0.2) is 30.5 Å². The van der Waals surface area contributed by atoms with Crippen LogP contribution in [-0.2, 0) is 0 Å². The SMILES string of the molecule is CC[C@H](c1cc(F)ccc1Cl)n1nccc1C. The molecule has 0 fully saturated rings. The minimum absolute atomic E-state index is 0.0202. The first-order valence-corrected chi connectivity index (χ1v) is 5.96. The Morgan fingerprint density at radius 3 is 2.76 bits per heavy atom. The third-order valence-corrected chi connectivity index (χ3v) is 3.21. The summed E-state index contributed by atoms with van der Waals surface area (Å²) in [5.41, 5.74) is 1.82. The lowest BCUT2D eigenvalue weighted by Gasteiger charge is -2.19. The van der Waals surface area contributed by atoms with E-state index in [4.69, 9.17) is 11.6 Å². The number of nitrogens with zero attached hydrogens (tertiary/aromatic N) is 2. The number of aryl methyl sites for hydroxylation is 1. The molecule has 0 radical (unpaired) electrons. The Labute approximate surface area is 105 Å². The zero-order valence-electron chi connectivity index (χ0n) is 9.82. The maximum Gasteiger partial charge on any atom is 0.123 e. The van der Waals surface area contributed by atoms with Crippen molar-refractivity contribution in [1.82, 2.24) is 9.78 Å². The second-order valence-corrected chi connectivity index (χ2v) is 4.41. The minimum Gasteiger partial charge on any atom is -0.262 e. The summed E-state index contributed by atoms with van der Waals surface area (Å²) in [5, 5.41) is 4.85. The van der Waals surface area contributed by atoms with Crippen molar-refractivity contribution in [3.05, 3.63) is 52.6 Å². The van der Waals surface area contributed by atoms with E-state index in [1.165, 1.54) is 12.1 Å². The third kappa shape index (κ3) is 2.34. The molecular weight excluding hydrogens is 239 g/mol. The van der Waals surface area contributed by atoms with E-state index in [1.54, 1.807) is 12.3 Å². The fraction of sp³-hybridized carbons (Fsp3) is 0.308. The second-order valence-electron chi connectivity index (χ2n) is 4.01. The minimum atomic E-state index is -0.271. The molecule has 1 heterocycles. The molecule has 0 spiro atoms. The third-order valence-electron chi connectivity index (χ3n) is 2.87. The molecule has 17 heavy (non-hydrogen) atoms. The summed E-state index contributed by atoms with van der Waals surface area (Å²) in [6.07, 6.45) is 2.55. The molecule has 0 N–H and O–H groups in total. The molecule has 90 valence electrons. The van der Waals surface area contributed by atoms with Gasteiger partial charge in [0.25, 0.3) is 0 Å². The first-order chi connectivity index (χ1) is 8.13. The van der Waals surface area contributed by atoms with Crippen LogP contribution < -0.4 is 0 Å². The van der Waals surface area contributed by atoms with Gasteiger partial charge < -0.3 is 0 Å². The Morgan fingerprint density at radius 1 is 1.41 bits per heavy atom. The number of halogens is 2. The topological polar surface area (TPSA) is 17.8 Å². The van der Waals surface area contributed by atoms with E-state index in [-0.39, 0.29) is 11.9 Å². The van der Waals surface area contributed by atoms with Crippen LogP contribution in [0.1, 0.15) is 30.6 Å². The molecule has 0 aliphatic carbocycles. The van der Waals surface area contributed by atoms with Crippen LogP contribution in [0.2, 0.25) is 5.02 Å². The molecule has 0 aliphatic rings. The molecule has 0 bridgehead atoms. The lowest BCUT2D eigenvalue weighted by molar-refractivity contribution is 0.494. The van der Waals surface area contributed by atoms with Gasteiger partial charge in [0, 0.05) is 16.9 Å². The molecule has 1 aromatic heterocycles. The zero-order valence-corrected chi connectivity index (χ0v) is 10.6. The summed E-state index contributed by atoms with van der Waals surface area (Å²) >= 11 is 6.13. The average molecular weight is 253 g/mol. The van der Waals surface area contributed by atoms with Gasteiger partial charge in [0.2, 0.25) is 0 Å². The predicted molar refractivity (Wildman–Crippen MR) is 66.8 cm³/mol. The lowest BCUT2D eigenvalue weighted by atomic mass is 10.0. The van der Waals surface area contributed by atoms with Crippen molar-refractivity contribution in [3.8, 4) is 0 Å². The Balaban J connectivity index is 2.49. The molecule has 0 saturated carbocycles. The van der Waals surface area contributed by atoms with Crippen LogP contribution >= 0.6 is 11.6 Å². The van der Waals surface area contributed by atoms with Crippen LogP contribution in [0, 0.1) is 12.7 Å². The van der Waals surface area contributed by atoms with Crippen molar-refractivity contribution in [2.24, 2.45) is 0 Å². The lowest BCUT2D eigenvalue weighted by Crippen LogP contribution is -2.13. The van der Waals surface area contributed by atoms with Gasteiger partial charge in [-0.05, 0) is 43.2 Å². The van der Waals surface area contributed by atoms with Gasteiger partial charge in [0.1, 0.15) is 5.82 Å². The van der Waals surface area contributed by atoms with Gasteiger partial charge in [0.05, 0.1) is 6.04 Å². The van der Waals surface area contributed by atoms with E-state index in [0.717, 1.165) is 17.7 Å². The smallest absolute Gasteiger partial charge is 0.123 e. The van der Waals surface area contributed by atoms with Gasteiger partial charge >= 0.3 is 0 Å². The summed E-state index contributed by atoms with van der Waals surface area (Å²) in [6.45, 7) is 4.01. The largest absolute Gasteiger partial charge is 0.262 e. The summed E-state index contributed by atoms with van der Waals surface area (Å²) in [5.74, 6) is -0.271. The van der Waals surface area contributed by atoms with Gasteiger partial charge in [-0.25, -0.2) is 4.39 Å². The Hall–Kier alpha value is -1.35. The summed E-state index contributed by atoms with van der Waals surface area (Å²) in [6, 6.07) is 6.35. The fourth-order valence-corrected chi connectivity index (χ4v) is 2.24. The van der Waals surface area contributed by atoms with E-state index in [9.17, 15) is 4.39 Å². The summed E-state index contributed by atoms with van der Waals surface area (Å²) < 4.78 is 15.2. The highest BCUT2D eigenvalue weighted by atomic mass is 35.5. The number of aromatic nitrogens is 2. The van der Waals surface area contributed by atoms with E-state index >= 15 is 0 Å². The Bertz CT molecular complexity index is 522. The average Bonchev–Trinajstić information content (AvgIpc) is 2.71. The molecular formula is C13H14ClFN2. The molecule has 0 aliphatic heterocycles. The van der Waals surface area contributed by atoms with Crippen molar-refractivity contribution in [2.75, 3.05) is 0 Å². The van der Waals surface area contributed by atoms with Gasteiger partial charge in [-0.1, -0.05) is 18.5 Å². The number of hydrogen-bond acceptors (Lipinski definition) is 1. The molecule has 1 aromatic carbocycles. The molecule has 0 unspecified atom stereocenters. The van der Waals surface area contributed by atoms with E-state index in [0.29, 0.717) is 5.02 Å². The van der Waals surface area contributed by atoms with Crippen LogP contribution in [0.5, 0.6) is 0 Å². The van der Waals surface area contributed by atoms with Crippen molar-refractivity contribution in [3.63, 3.8) is 0 Å². The van der Waals surface area contributed by atoms with Crippen molar-refractivity contribution >= 4 is 11.6 Å². The number of hydrogen-bond donors (Lipinski definition) is 0. The Kier molecular flexibility index (Phi) is 3.48. The monoisotopic (exact) mass is 252 g/mol. The second kappa shape index (κ2) is 4.88. The maximum absolute atomic E-state index is 13.3. The fourth-order valence-electron chi connectivity index (χ4n) is 2.00. The molecule has 4 heteroatoms. The van der Waals surface area contributed by atoms with E-state index in [2.05, 4.69) is 5.10 Å². The summed E-state index contributed by atoms with van der Waals surface area (Å²) in [7, 11) is 0. The quantitative estimate of drug-likeness (QED) is 0.808. The van der Waals surface area contributed by atoms with E-state index in [1.807, 2.05) is 24.6 Å². The van der Waals surface area contributed by atoms with Gasteiger partial charge in [-0.2, -0.15) is 5.10 Å². The first kappa shape index (κ1) is 12.1. The molecule has 2 nitrogen and oxygen atoms in total. The first-order valence-electron chi connectivity index (χ1n) is 5.58. The Morgan fingerprint density at radius 2 is 2.18 bits per heavy atom. The predicted octanol–water partition coefficient (Wildman–Crippen LogP) is 3.98. The van der Waals surface area contributed by atoms with Gasteiger partial charge in [-0.15, -0.1) is 0 Å². The maximum atomic E-state index is 13.3. The van der Waals surface area contributed by atoms with E-state index < -0.39 is 0 Å². The van der Waals surface area contributed by atoms with Gasteiger partial charge in [0.15, 0.2) is 0 Å². The zero-order chi connectivity index (χ0) is 12.4. The molecule has 2 rings (SSSR count).